The van der Waals surface area contributed by atoms with Crippen molar-refractivity contribution < 1.29 is 32.7 Å². The SMILES string of the molecule is CC(=O)C1=C(C)N(c2cccc(C(F)(F)F)c2)C(O)N(C)C1c1ccc(C#N)cc1C(=O)NNC=O. The predicted octanol–water partition coefficient (Wildman–Crippen LogP) is 2.60. The monoisotopic (exact) mass is 501 g/mol. The van der Waals surface area contributed by atoms with Crippen LogP contribution in [-0.2, 0) is 15.8 Å². The van der Waals surface area contributed by atoms with E-state index in [1.807, 2.05) is 11.5 Å². The van der Waals surface area contributed by atoms with Gasteiger partial charge in [0.2, 0.25) is 6.41 Å². The van der Waals surface area contributed by atoms with Gasteiger partial charge in [-0.1, -0.05) is 12.1 Å². The van der Waals surface area contributed by atoms with Crippen LogP contribution in [0.5, 0.6) is 0 Å². The number of nitriles is 1. The normalized spacial score (nSPS) is 18.4. The van der Waals surface area contributed by atoms with Crippen LogP contribution >= 0.6 is 0 Å². The molecule has 1 aliphatic heterocycles. The summed E-state index contributed by atoms with van der Waals surface area (Å²) in [6, 6.07) is 9.36. The van der Waals surface area contributed by atoms with Gasteiger partial charge in [0.25, 0.3) is 5.91 Å². The number of nitrogens with zero attached hydrogens (tertiary/aromatic N) is 3. The van der Waals surface area contributed by atoms with E-state index in [1.165, 1.54) is 61.0 Å². The number of amides is 2. The number of rotatable bonds is 6. The number of ketones is 1. The lowest BCUT2D eigenvalue weighted by Gasteiger charge is -2.46. The third kappa shape index (κ3) is 4.93. The van der Waals surface area contributed by atoms with Crippen molar-refractivity contribution in [3.05, 3.63) is 76.0 Å². The zero-order chi connectivity index (χ0) is 26.8. The third-order valence-corrected chi connectivity index (χ3v) is 5.82. The van der Waals surface area contributed by atoms with Crippen LogP contribution in [0.2, 0.25) is 0 Å². The number of Topliss-reactive ketones (excluding diaryl/α,β-unsaturated/α-hetero) is 1. The molecule has 0 spiro atoms. The largest absolute Gasteiger partial charge is 0.416 e. The number of allylic oxidation sites excluding steroid dienone is 1. The molecule has 3 rings (SSSR count). The Morgan fingerprint density at radius 3 is 2.47 bits per heavy atom. The summed E-state index contributed by atoms with van der Waals surface area (Å²) in [6.45, 7) is 2.75. The van der Waals surface area contributed by atoms with E-state index in [9.17, 15) is 37.9 Å². The first-order chi connectivity index (χ1) is 16.9. The Labute approximate surface area is 204 Å². The number of hydrogen-bond donors (Lipinski definition) is 3. The topological polar surface area (TPSA) is 126 Å². The number of nitrogens with one attached hydrogen (secondary N) is 2. The van der Waals surface area contributed by atoms with Crippen LogP contribution in [0.3, 0.4) is 0 Å². The Morgan fingerprint density at radius 1 is 1.19 bits per heavy atom. The Hall–Kier alpha value is -4.21. The van der Waals surface area contributed by atoms with Gasteiger partial charge in [0.15, 0.2) is 12.1 Å². The molecule has 2 atom stereocenters. The highest BCUT2D eigenvalue weighted by Gasteiger charge is 2.41. The van der Waals surface area contributed by atoms with Crippen molar-refractivity contribution in [1.82, 2.24) is 15.8 Å². The van der Waals surface area contributed by atoms with Gasteiger partial charge in [-0.05, 0) is 56.8 Å². The molecule has 188 valence electrons. The average molecular weight is 501 g/mol. The zero-order valence-electron chi connectivity index (χ0n) is 19.4. The van der Waals surface area contributed by atoms with Crippen LogP contribution in [0.25, 0.3) is 0 Å². The van der Waals surface area contributed by atoms with E-state index in [4.69, 9.17) is 0 Å². The molecule has 0 fully saturated rings. The fraction of sp³-hybridized carbons (Fsp3) is 0.250. The quantitative estimate of drug-likeness (QED) is 0.410. The van der Waals surface area contributed by atoms with Crippen LogP contribution in [0.1, 0.15) is 46.9 Å². The fourth-order valence-corrected chi connectivity index (χ4v) is 4.22. The molecular formula is C24H22F3N5O4. The molecule has 0 bridgehead atoms. The maximum absolute atomic E-state index is 13.3. The van der Waals surface area contributed by atoms with Crippen molar-refractivity contribution in [3.8, 4) is 6.07 Å². The third-order valence-electron chi connectivity index (χ3n) is 5.82. The number of hydrogen-bond acceptors (Lipinski definition) is 7. The molecule has 2 amide bonds. The molecule has 2 aromatic carbocycles. The molecule has 36 heavy (non-hydrogen) atoms. The van der Waals surface area contributed by atoms with Crippen LogP contribution in [0, 0.1) is 11.3 Å². The molecular weight excluding hydrogens is 479 g/mol. The Balaban J connectivity index is 2.23. The van der Waals surface area contributed by atoms with E-state index >= 15 is 0 Å². The van der Waals surface area contributed by atoms with Gasteiger partial charge in [0.05, 0.1) is 23.2 Å². The standard InChI is InChI=1S/C24H22F3N5O4/c1-13-20(14(2)34)21(18-8-7-15(11-28)9-19(18)22(35)30-29-12-33)31(3)23(36)32(13)17-6-4-5-16(10-17)24(25,26)27/h4-10,12,21,23,36H,1-3H3,(H,29,33)(H,30,35). The summed E-state index contributed by atoms with van der Waals surface area (Å²) in [5, 5.41) is 20.5. The molecule has 0 aromatic heterocycles. The van der Waals surface area contributed by atoms with E-state index in [0.717, 1.165) is 12.1 Å². The molecule has 0 saturated carbocycles. The lowest BCUT2D eigenvalue weighted by molar-refractivity contribution is -0.137. The molecule has 1 heterocycles. The first-order valence-electron chi connectivity index (χ1n) is 10.5. The number of benzene rings is 2. The molecule has 3 N–H and O–H groups in total. The molecule has 0 saturated heterocycles. The Morgan fingerprint density at radius 2 is 1.89 bits per heavy atom. The highest BCUT2D eigenvalue weighted by atomic mass is 19.4. The number of halogens is 3. The van der Waals surface area contributed by atoms with Crippen LogP contribution in [0.15, 0.2) is 53.7 Å². The average Bonchev–Trinajstić information content (AvgIpc) is 2.83. The number of carbonyl (C=O) groups is 3. The summed E-state index contributed by atoms with van der Waals surface area (Å²) in [6.07, 6.45) is -5.91. The summed E-state index contributed by atoms with van der Waals surface area (Å²) in [7, 11) is 1.44. The van der Waals surface area contributed by atoms with Gasteiger partial charge in [-0.15, -0.1) is 0 Å². The molecule has 2 unspecified atom stereocenters. The second-order valence-corrected chi connectivity index (χ2v) is 8.02. The second-order valence-electron chi connectivity index (χ2n) is 8.02. The van der Waals surface area contributed by atoms with Gasteiger partial charge in [0, 0.05) is 22.5 Å². The van der Waals surface area contributed by atoms with Crippen molar-refractivity contribution in [2.75, 3.05) is 11.9 Å². The minimum atomic E-state index is -4.62. The number of aliphatic hydroxyl groups excluding tert-OH is 1. The minimum absolute atomic E-state index is 0.00635. The summed E-state index contributed by atoms with van der Waals surface area (Å²) >= 11 is 0. The number of likely N-dealkylation sites (N-methyl/N-ethyl adjacent to an activating group) is 1. The first-order valence-corrected chi connectivity index (χ1v) is 10.5. The number of alkyl halides is 3. The number of aliphatic hydroxyl groups is 1. The van der Waals surface area contributed by atoms with Crippen LogP contribution in [-0.4, -0.2) is 41.5 Å². The van der Waals surface area contributed by atoms with Crippen molar-refractivity contribution in [3.63, 3.8) is 0 Å². The summed E-state index contributed by atoms with van der Waals surface area (Å²) in [5.74, 6) is -1.23. The molecule has 1 aliphatic rings. The van der Waals surface area contributed by atoms with Gasteiger partial charge in [0.1, 0.15) is 0 Å². The summed E-state index contributed by atoms with van der Waals surface area (Å²) in [4.78, 5) is 38.7. The molecule has 2 aromatic rings. The highest BCUT2D eigenvalue weighted by molar-refractivity contribution is 6.00. The smallest absolute Gasteiger partial charge is 0.360 e. The van der Waals surface area contributed by atoms with Gasteiger partial charge in [-0.3, -0.25) is 30.1 Å². The highest BCUT2D eigenvalue weighted by Crippen LogP contribution is 2.42. The lowest BCUT2D eigenvalue weighted by atomic mass is 9.87. The number of hydrazine groups is 1. The van der Waals surface area contributed by atoms with Crippen molar-refractivity contribution >= 4 is 23.8 Å². The first kappa shape index (κ1) is 26.4. The maximum atomic E-state index is 13.3. The van der Waals surface area contributed by atoms with Gasteiger partial charge < -0.3 is 10.0 Å². The molecule has 0 radical (unpaired) electrons. The van der Waals surface area contributed by atoms with E-state index < -0.39 is 35.8 Å². The molecule has 9 nitrogen and oxygen atoms in total. The van der Waals surface area contributed by atoms with Crippen molar-refractivity contribution in [2.24, 2.45) is 0 Å². The summed E-state index contributed by atoms with van der Waals surface area (Å²) in [5.41, 5.74) is 3.85. The molecule has 12 heteroatoms. The summed E-state index contributed by atoms with van der Waals surface area (Å²) < 4.78 is 40.0. The van der Waals surface area contributed by atoms with Gasteiger partial charge >= 0.3 is 6.18 Å². The predicted molar refractivity (Wildman–Crippen MR) is 122 cm³/mol. The zero-order valence-corrected chi connectivity index (χ0v) is 19.4. The second kappa shape index (κ2) is 10.2. The van der Waals surface area contributed by atoms with Crippen LogP contribution < -0.4 is 15.8 Å². The Bertz CT molecular complexity index is 1290. The number of carbonyl (C=O) groups excluding carboxylic acids is 3. The van der Waals surface area contributed by atoms with E-state index in [1.54, 1.807) is 0 Å². The minimum Gasteiger partial charge on any atom is -0.360 e. The van der Waals surface area contributed by atoms with Crippen molar-refractivity contribution in [1.29, 1.82) is 5.26 Å². The molecule has 0 aliphatic carbocycles. The fourth-order valence-electron chi connectivity index (χ4n) is 4.22. The van der Waals surface area contributed by atoms with Gasteiger partial charge in [-0.25, -0.2) is 0 Å². The van der Waals surface area contributed by atoms with Crippen molar-refractivity contribution in [2.45, 2.75) is 32.4 Å². The van der Waals surface area contributed by atoms with Crippen LogP contribution in [0.4, 0.5) is 18.9 Å². The Kier molecular flexibility index (Phi) is 7.47. The van der Waals surface area contributed by atoms with E-state index in [0.29, 0.717) is 0 Å². The van der Waals surface area contributed by atoms with E-state index in [2.05, 4.69) is 5.43 Å². The lowest BCUT2D eigenvalue weighted by Crippen LogP contribution is -2.53. The van der Waals surface area contributed by atoms with Gasteiger partial charge in [-0.2, -0.15) is 18.4 Å². The maximum Gasteiger partial charge on any atom is 0.416 e. The number of anilines is 1. The van der Waals surface area contributed by atoms with E-state index in [-0.39, 0.29) is 40.1 Å².